The Labute approximate surface area is 447 Å². The number of carbonyl (C=O) groups excluding carboxylic acids is 2. The fourth-order valence-electron chi connectivity index (χ4n) is 11.7. The van der Waals surface area contributed by atoms with E-state index < -0.39 is 38.9 Å². The number of carbonyl (C=O) groups is 2. The van der Waals surface area contributed by atoms with Crippen molar-refractivity contribution >= 4 is 49.3 Å². The summed E-state index contributed by atoms with van der Waals surface area (Å²) < 4.78 is 33.5. The predicted molar refractivity (Wildman–Crippen MR) is 303 cm³/mol. The van der Waals surface area contributed by atoms with E-state index in [0.717, 1.165) is 59.3 Å². The van der Waals surface area contributed by atoms with Gasteiger partial charge >= 0.3 is 11.9 Å². The molecule has 396 valence electrons. The summed E-state index contributed by atoms with van der Waals surface area (Å²) in [5, 5.41) is 27.4. The van der Waals surface area contributed by atoms with Crippen molar-refractivity contribution in [2.45, 2.75) is 151 Å². The van der Waals surface area contributed by atoms with Crippen molar-refractivity contribution in [1.82, 2.24) is 0 Å². The van der Waals surface area contributed by atoms with E-state index in [0.29, 0.717) is 49.7 Å². The number of aliphatic hydroxyl groups is 2. The normalized spacial score (nSPS) is 19.4. The van der Waals surface area contributed by atoms with Crippen molar-refractivity contribution < 1.29 is 42.9 Å². The van der Waals surface area contributed by atoms with Crippen molar-refractivity contribution in [1.29, 1.82) is 0 Å². The Hall–Kier alpha value is -5.51. The molecule has 2 aliphatic rings. The van der Waals surface area contributed by atoms with Crippen LogP contribution in [-0.4, -0.2) is 88.6 Å². The van der Waals surface area contributed by atoms with Crippen molar-refractivity contribution in [3.05, 3.63) is 193 Å². The SMILES string of the molecule is CC(C)(CC[C@H](O)CO[C@H]1CCCC(OC(=O)c2ccccc2)C1)[Si](O[Si](c1ccccc1)(c1ccccc1)C(C)(C)CC[C@H](O)CO[C@H]1CCCC(OC(=O)c2ccccc2)C1)(c1ccccc1)c1ccccc1. The van der Waals surface area contributed by atoms with Gasteiger partial charge in [-0.15, -0.1) is 0 Å². The van der Waals surface area contributed by atoms with E-state index in [9.17, 15) is 19.8 Å². The molecule has 0 spiro atoms. The second-order valence-electron chi connectivity index (χ2n) is 22.1. The average Bonchev–Trinajstić information content (AvgIpc) is 3.45. The minimum Gasteiger partial charge on any atom is -0.459 e. The van der Waals surface area contributed by atoms with E-state index in [4.69, 9.17) is 23.1 Å². The molecule has 11 heteroatoms. The Morgan fingerprint density at radius 1 is 0.453 bits per heavy atom. The summed E-state index contributed by atoms with van der Waals surface area (Å²) in [5.41, 5.74) is 1.08. The van der Waals surface area contributed by atoms with Crippen LogP contribution in [0.25, 0.3) is 0 Å². The van der Waals surface area contributed by atoms with Crippen molar-refractivity contribution in [3.8, 4) is 0 Å². The molecule has 0 radical (unpaired) electrons. The number of aliphatic hydroxyl groups excluding tert-OH is 2. The van der Waals surface area contributed by atoms with E-state index in [1.54, 1.807) is 24.3 Å². The summed E-state index contributed by atoms with van der Waals surface area (Å²) in [4.78, 5) is 25.8. The van der Waals surface area contributed by atoms with Gasteiger partial charge in [0.1, 0.15) is 12.2 Å². The van der Waals surface area contributed by atoms with Gasteiger partial charge in [-0.25, -0.2) is 9.59 Å². The van der Waals surface area contributed by atoms with Crippen LogP contribution in [0.5, 0.6) is 0 Å². The maximum atomic E-state index is 12.9. The smallest absolute Gasteiger partial charge is 0.338 e. The lowest BCUT2D eigenvalue weighted by atomic mass is 9.94. The summed E-state index contributed by atoms with van der Waals surface area (Å²) in [6.07, 6.45) is 6.36. The van der Waals surface area contributed by atoms with Gasteiger partial charge in [0, 0.05) is 12.8 Å². The third-order valence-electron chi connectivity index (χ3n) is 15.9. The highest BCUT2D eigenvalue weighted by Crippen LogP contribution is 2.49. The van der Waals surface area contributed by atoms with Crippen molar-refractivity contribution in [2.75, 3.05) is 13.2 Å². The quantitative estimate of drug-likeness (QED) is 0.0451. The number of hydrogen-bond donors (Lipinski definition) is 2. The lowest BCUT2D eigenvalue weighted by molar-refractivity contribution is -0.0564. The Morgan fingerprint density at radius 3 is 1.04 bits per heavy atom. The van der Waals surface area contributed by atoms with Crippen molar-refractivity contribution in [2.24, 2.45) is 0 Å². The zero-order chi connectivity index (χ0) is 52.7. The second kappa shape index (κ2) is 26.0. The molecule has 75 heavy (non-hydrogen) atoms. The van der Waals surface area contributed by atoms with Crippen LogP contribution in [-0.2, 0) is 23.1 Å². The number of ether oxygens (including phenoxy) is 4. The fourth-order valence-corrected chi connectivity index (χ4v) is 25.1. The maximum Gasteiger partial charge on any atom is 0.338 e. The molecule has 0 aromatic heterocycles. The second-order valence-corrected chi connectivity index (χ2v) is 30.7. The van der Waals surface area contributed by atoms with Crippen LogP contribution in [0.15, 0.2) is 182 Å². The van der Waals surface area contributed by atoms with Crippen LogP contribution in [0.3, 0.4) is 0 Å². The zero-order valence-corrected chi connectivity index (χ0v) is 46.4. The first kappa shape index (κ1) is 55.7. The summed E-state index contributed by atoms with van der Waals surface area (Å²) in [6.45, 7) is 9.70. The van der Waals surface area contributed by atoms with E-state index in [2.05, 4.69) is 149 Å². The van der Waals surface area contributed by atoms with Crippen LogP contribution in [0, 0.1) is 0 Å². The molecule has 0 saturated heterocycles. The fraction of sp³-hybridized carbons (Fsp3) is 0.406. The Bertz CT molecular complexity index is 2390. The monoisotopic (exact) mass is 1050 g/mol. The lowest BCUT2D eigenvalue weighted by Gasteiger charge is -2.55. The van der Waals surface area contributed by atoms with Crippen LogP contribution >= 0.6 is 0 Å². The molecule has 2 saturated carbocycles. The van der Waals surface area contributed by atoms with E-state index in [1.165, 1.54) is 0 Å². The van der Waals surface area contributed by atoms with E-state index >= 15 is 0 Å². The number of benzene rings is 6. The van der Waals surface area contributed by atoms with E-state index in [-0.39, 0.29) is 49.6 Å². The highest BCUT2D eigenvalue weighted by molar-refractivity contribution is 7.11. The Balaban J connectivity index is 1.05. The summed E-state index contributed by atoms with van der Waals surface area (Å²) in [6, 6.07) is 61.4. The molecule has 0 amide bonds. The summed E-state index contributed by atoms with van der Waals surface area (Å²) >= 11 is 0. The molecule has 2 aliphatic carbocycles. The van der Waals surface area contributed by atoms with Gasteiger partial charge < -0.3 is 33.3 Å². The largest absolute Gasteiger partial charge is 0.459 e. The third-order valence-corrected chi connectivity index (χ3v) is 27.3. The van der Waals surface area contributed by atoms with Gasteiger partial charge in [-0.3, -0.25) is 0 Å². The molecule has 2 N–H and O–H groups in total. The molecule has 6 aromatic carbocycles. The van der Waals surface area contributed by atoms with Gasteiger partial charge in [0.05, 0.1) is 48.8 Å². The van der Waals surface area contributed by atoms with Gasteiger partial charge in [0.25, 0.3) is 16.6 Å². The predicted octanol–water partition coefficient (Wildman–Crippen LogP) is 10.7. The first-order chi connectivity index (χ1) is 36.3. The molecule has 9 nitrogen and oxygen atoms in total. The van der Waals surface area contributed by atoms with Crippen LogP contribution < -0.4 is 20.7 Å². The molecular formula is C64H78O9Si2. The molecule has 6 aromatic rings. The Morgan fingerprint density at radius 2 is 0.733 bits per heavy atom. The first-order valence-corrected chi connectivity index (χ1v) is 31.1. The minimum absolute atomic E-state index is 0.118. The molecule has 0 aliphatic heterocycles. The van der Waals surface area contributed by atoms with Crippen LogP contribution in [0.1, 0.15) is 125 Å². The zero-order valence-electron chi connectivity index (χ0n) is 44.4. The highest BCUT2D eigenvalue weighted by Gasteiger charge is 2.62. The number of esters is 2. The molecule has 0 heterocycles. The minimum atomic E-state index is -3.46. The lowest BCUT2D eigenvalue weighted by Crippen LogP contribution is -2.78. The summed E-state index contributed by atoms with van der Waals surface area (Å²) in [7, 11) is -6.91. The van der Waals surface area contributed by atoms with Gasteiger partial charge in [-0.2, -0.15) is 0 Å². The molecular weight excluding hydrogens is 969 g/mol. The topological polar surface area (TPSA) is 121 Å². The van der Waals surface area contributed by atoms with Gasteiger partial charge in [0.15, 0.2) is 0 Å². The number of rotatable bonds is 24. The maximum absolute atomic E-state index is 12.9. The van der Waals surface area contributed by atoms with Gasteiger partial charge in [0.2, 0.25) is 0 Å². The van der Waals surface area contributed by atoms with Crippen molar-refractivity contribution in [3.63, 3.8) is 0 Å². The molecule has 2 unspecified atom stereocenters. The standard InChI is InChI=1S/C64H78O9Si2/c1-63(2,43-41-51(65)47-69-53-29-23-31-55(45-53)71-61(67)49-25-11-5-12-26-49)74(57-33-15-7-16-34-57,58-35-17-8-18-36-58)73-75(59-37-19-9-20-38-59,60-39-21-10-22-40-60)64(3,4)44-42-52(66)48-70-54-30-24-32-56(46-54)72-62(68)50-27-13-6-14-28-50/h5-22,25-28,33-40,51-56,65-66H,23-24,29-32,41-48H2,1-4H3/t51-,52-,53-,54-,55?,56?/m0/s1. The molecule has 2 fully saturated rings. The van der Waals surface area contributed by atoms with Crippen LogP contribution in [0.4, 0.5) is 0 Å². The highest BCUT2D eigenvalue weighted by atomic mass is 28.4. The molecule has 6 atom stereocenters. The molecule has 8 rings (SSSR count). The van der Waals surface area contributed by atoms with Crippen LogP contribution in [0.2, 0.25) is 10.1 Å². The molecule has 0 bridgehead atoms. The number of hydrogen-bond acceptors (Lipinski definition) is 9. The van der Waals surface area contributed by atoms with E-state index in [1.807, 2.05) is 36.4 Å². The Kier molecular flexibility index (Phi) is 19.3. The summed E-state index contributed by atoms with van der Waals surface area (Å²) in [5.74, 6) is -0.633. The average molecular weight is 1050 g/mol. The third kappa shape index (κ3) is 13.7. The first-order valence-electron chi connectivity index (χ1n) is 27.3. The van der Waals surface area contributed by atoms with Gasteiger partial charge in [-0.05, 0) is 119 Å². The van der Waals surface area contributed by atoms with Gasteiger partial charge in [-0.1, -0.05) is 185 Å².